The van der Waals surface area contributed by atoms with Crippen LogP contribution in [0.3, 0.4) is 0 Å². The van der Waals surface area contributed by atoms with E-state index in [9.17, 15) is 27.6 Å². The van der Waals surface area contributed by atoms with Gasteiger partial charge < -0.3 is 15.4 Å². The standard InChI is InChI=1S/C31H26F3N3O4/c1-18(2)14-21(38)15-19-10-11-20(16-26(19)31(32,33)34)37-29(39)25-8-4-7-24-23(25)6-5-9-28(24)41-22-12-13-36-27(17-22)30(40)35-3/h4-14,16-17H,15H2,1-3H3,(H,35,40)(H,37,39). The summed E-state index contributed by atoms with van der Waals surface area (Å²) < 4.78 is 47.5. The number of allylic oxidation sites excluding steroid dienone is 2. The summed E-state index contributed by atoms with van der Waals surface area (Å²) in [5.74, 6) is -0.703. The van der Waals surface area contributed by atoms with Gasteiger partial charge in [0.05, 0.1) is 5.56 Å². The van der Waals surface area contributed by atoms with Crippen LogP contribution in [0.5, 0.6) is 11.5 Å². The van der Waals surface area contributed by atoms with Crippen LogP contribution in [-0.4, -0.2) is 29.6 Å². The molecule has 0 unspecified atom stereocenters. The van der Waals surface area contributed by atoms with Crippen molar-refractivity contribution in [3.05, 3.63) is 107 Å². The highest BCUT2D eigenvalue weighted by atomic mass is 19.4. The Balaban J connectivity index is 1.63. The molecule has 4 aromatic rings. The van der Waals surface area contributed by atoms with E-state index < -0.39 is 29.9 Å². The Morgan fingerprint density at radius 3 is 2.37 bits per heavy atom. The van der Waals surface area contributed by atoms with Gasteiger partial charge in [-0.05, 0) is 61.2 Å². The van der Waals surface area contributed by atoms with Crippen molar-refractivity contribution < 1.29 is 32.3 Å². The number of pyridine rings is 1. The van der Waals surface area contributed by atoms with E-state index in [1.165, 1.54) is 37.5 Å². The average Bonchev–Trinajstić information content (AvgIpc) is 2.92. The van der Waals surface area contributed by atoms with E-state index in [1.807, 2.05) is 0 Å². The second-order valence-corrected chi connectivity index (χ2v) is 9.40. The number of anilines is 1. The van der Waals surface area contributed by atoms with Crippen LogP contribution in [0.1, 0.15) is 45.8 Å². The summed E-state index contributed by atoms with van der Waals surface area (Å²) in [6.07, 6.45) is -2.41. The summed E-state index contributed by atoms with van der Waals surface area (Å²) in [7, 11) is 1.49. The predicted octanol–water partition coefficient (Wildman–Crippen LogP) is 6.74. The molecule has 210 valence electrons. The molecule has 0 radical (unpaired) electrons. The molecule has 0 fully saturated rings. The number of benzene rings is 3. The lowest BCUT2D eigenvalue weighted by molar-refractivity contribution is -0.138. The Morgan fingerprint density at radius 2 is 1.66 bits per heavy atom. The number of amides is 2. The van der Waals surface area contributed by atoms with Crippen LogP contribution in [0.4, 0.5) is 18.9 Å². The number of fused-ring (bicyclic) bond motifs is 1. The normalized spacial score (nSPS) is 11.1. The smallest absolute Gasteiger partial charge is 0.416 e. The van der Waals surface area contributed by atoms with Gasteiger partial charge in [-0.15, -0.1) is 0 Å². The summed E-state index contributed by atoms with van der Waals surface area (Å²) in [6.45, 7) is 3.37. The van der Waals surface area contributed by atoms with E-state index in [1.54, 1.807) is 56.3 Å². The lowest BCUT2D eigenvalue weighted by Crippen LogP contribution is -2.18. The molecule has 0 aliphatic rings. The number of halogens is 3. The molecule has 0 atom stereocenters. The van der Waals surface area contributed by atoms with Crippen LogP contribution in [0.25, 0.3) is 10.8 Å². The number of hydrogen-bond acceptors (Lipinski definition) is 5. The summed E-state index contributed by atoms with van der Waals surface area (Å²) in [5.41, 5.74) is -0.177. The fraction of sp³-hybridized carbons (Fsp3) is 0.161. The molecule has 2 N–H and O–H groups in total. The number of rotatable bonds is 8. The highest BCUT2D eigenvalue weighted by Gasteiger charge is 2.34. The van der Waals surface area contributed by atoms with Gasteiger partial charge in [0.25, 0.3) is 11.8 Å². The van der Waals surface area contributed by atoms with Crippen LogP contribution < -0.4 is 15.4 Å². The van der Waals surface area contributed by atoms with Crippen molar-refractivity contribution in [1.82, 2.24) is 10.3 Å². The minimum absolute atomic E-state index is 0.0661. The number of carbonyl (C=O) groups excluding carboxylic acids is 3. The van der Waals surface area contributed by atoms with Gasteiger partial charge in [0, 0.05) is 42.4 Å². The van der Waals surface area contributed by atoms with Gasteiger partial charge in [-0.25, -0.2) is 0 Å². The number of nitrogens with one attached hydrogen (secondary N) is 2. The Hall–Kier alpha value is -4.99. The Morgan fingerprint density at radius 1 is 0.927 bits per heavy atom. The summed E-state index contributed by atoms with van der Waals surface area (Å²) in [4.78, 5) is 41.3. The third-order valence-corrected chi connectivity index (χ3v) is 6.03. The third kappa shape index (κ3) is 6.96. The zero-order valence-corrected chi connectivity index (χ0v) is 22.4. The number of ketones is 1. The topological polar surface area (TPSA) is 97.4 Å². The van der Waals surface area contributed by atoms with Gasteiger partial charge in [-0.1, -0.05) is 35.9 Å². The predicted molar refractivity (Wildman–Crippen MR) is 149 cm³/mol. The van der Waals surface area contributed by atoms with Gasteiger partial charge in [0.1, 0.15) is 17.2 Å². The van der Waals surface area contributed by atoms with Crippen molar-refractivity contribution >= 4 is 34.1 Å². The molecule has 3 aromatic carbocycles. The summed E-state index contributed by atoms with van der Waals surface area (Å²) in [6, 6.07) is 16.4. The lowest BCUT2D eigenvalue weighted by atomic mass is 9.99. The van der Waals surface area contributed by atoms with Crippen LogP contribution in [0.2, 0.25) is 0 Å². The van der Waals surface area contributed by atoms with Gasteiger partial charge in [-0.3, -0.25) is 19.4 Å². The first-order chi connectivity index (χ1) is 19.5. The van der Waals surface area contributed by atoms with Crippen molar-refractivity contribution in [3.8, 4) is 11.5 Å². The number of hydrogen-bond donors (Lipinski definition) is 2. The average molecular weight is 562 g/mol. The maximum absolute atomic E-state index is 13.8. The quantitative estimate of drug-likeness (QED) is 0.232. The van der Waals surface area contributed by atoms with E-state index >= 15 is 0 Å². The molecule has 0 aliphatic heterocycles. The van der Waals surface area contributed by atoms with Crippen LogP contribution in [0.15, 0.2) is 84.6 Å². The SMILES string of the molecule is CNC(=O)c1cc(Oc2cccc3c(C(=O)Nc4ccc(CC(=O)C=C(C)C)c(C(F)(F)F)c4)cccc23)ccn1. The highest BCUT2D eigenvalue weighted by molar-refractivity contribution is 6.13. The molecule has 2 amide bonds. The molecule has 0 aliphatic carbocycles. The molecule has 10 heteroatoms. The lowest BCUT2D eigenvalue weighted by Gasteiger charge is -2.15. The minimum Gasteiger partial charge on any atom is -0.457 e. The Bertz CT molecular complexity index is 1680. The van der Waals surface area contributed by atoms with Gasteiger partial charge in [0.15, 0.2) is 5.78 Å². The van der Waals surface area contributed by atoms with Crippen LogP contribution in [0, 0.1) is 0 Å². The number of ether oxygens (including phenoxy) is 1. The fourth-order valence-electron chi connectivity index (χ4n) is 4.25. The molecule has 41 heavy (non-hydrogen) atoms. The number of alkyl halides is 3. The van der Waals surface area contributed by atoms with Crippen molar-refractivity contribution in [2.45, 2.75) is 26.4 Å². The van der Waals surface area contributed by atoms with Gasteiger partial charge >= 0.3 is 6.18 Å². The van der Waals surface area contributed by atoms with Crippen molar-refractivity contribution in [1.29, 1.82) is 0 Å². The number of nitrogens with zero attached hydrogens (tertiary/aromatic N) is 1. The fourth-order valence-corrected chi connectivity index (χ4v) is 4.25. The summed E-state index contributed by atoms with van der Waals surface area (Å²) >= 11 is 0. The maximum Gasteiger partial charge on any atom is 0.416 e. The Kier molecular flexibility index (Phi) is 8.51. The van der Waals surface area contributed by atoms with E-state index in [2.05, 4.69) is 15.6 Å². The van der Waals surface area contributed by atoms with Crippen molar-refractivity contribution in [2.24, 2.45) is 0 Å². The molecule has 0 spiro atoms. The van der Waals surface area contributed by atoms with Crippen molar-refractivity contribution in [3.63, 3.8) is 0 Å². The number of aromatic nitrogens is 1. The number of carbonyl (C=O) groups is 3. The Labute approximate surface area is 234 Å². The van der Waals surface area contributed by atoms with E-state index in [-0.39, 0.29) is 28.4 Å². The van der Waals surface area contributed by atoms with Gasteiger partial charge in [-0.2, -0.15) is 13.2 Å². The monoisotopic (exact) mass is 561 g/mol. The van der Waals surface area contributed by atoms with E-state index in [0.29, 0.717) is 27.8 Å². The molecule has 4 rings (SSSR count). The largest absolute Gasteiger partial charge is 0.457 e. The molecule has 0 saturated heterocycles. The molecule has 7 nitrogen and oxygen atoms in total. The maximum atomic E-state index is 13.8. The first-order valence-electron chi connectivity index (χ1n) is 12.5. The highest BCUT2D eigenvalue weighted by Crippen LogP contribution is 2.35. The van der Waals surface area contributed by atoms with E-state index in [0.717, 1.165) is 6.07 Å². The first-order valence-corrected chi connectivity index (χ1v) is 12.5. The van der Waals surface area contributed by atoms with Crippen LogP contribution in [-0.2, 0) is 17.4 Å². The first kappa shape index (κ1) is 29.0. The van der Waals surface area contributed by atoms with Crippen molar-refractivity contribution in [2.75, 3.05) is 12.4 Å². The molecular weight excluding hydrogens is 535 g/mol. The second kappa shape index (κ2) is 12.0. The van der Waals surface area contributed by atoms with Crippen LogP contribution >= 0.6 is 0 Å². The zero-order valence-electron chi connectivity index (χ0n) is 22.4. The molecular formula is C31H26F3N3O4. The van der Waals surface area contributed by atoms with Gasteiger partial charge in [0.2, 0.25) is 0 Å². The van der Waals surface area contributed by atoms with E-state index in [4.69, 9.17) is 4.74 Å². The third-order valence-electron chi connectivity index (χ3n) is 6.03. The molecule has 1 aromatic heterocycles. The second-order valence-electron chi connectivity index (χ2n) is 9.40. The molecule has 1 heterocycles. The summed E-state index contributed by atoms with van der Waals surface area (Å²) in [5, 5.41) is 6.11. The zero-order chi connectivity index (χ0) is 29.7. The molecule has 0 bridgehead atoms. The molecule has 0 saturated carbocycles. The minimum atomic E-state index is -4.72.